The summed E-state index contributed by atoms with van der Waals surface area (Å²) in [6.45, 7) is 5.35. The second-order valence-corrected chi connectivity index (χ2v) is 9.78. The monoisotopic (exact) mass is 509 g/mol. The molecule has 2 heterocycles. The lowest BCUT2D eigenvalue weighted by Crippen LogP contribution is -2.60. The Kier molecular flexibility index (Phi) is 8.02. The van der Waals surface area contributed by atoms with Crippen LogP contribution >= 0.6 is 0 Å². The molecule has 2 aliphatic rings. The number of piperidine rings is 1. The number of carbonyl (C=O) groups is 3. The van der Waals surface area contributed by atoms with E-state index in [0.717, 1.165) is 0 Å². The molecule has 1 atom stereocenters. The molecule has 2 aromatic rings. The van der Waals surface area contributed by atoms with Gasteiger partial charge in [0.25, 0.3) is 11.8 Å². The standard InChI is InChI=1S/C28H35N3O6/c1-19(2)17-29-25(32)21-18-37-28(31(21)26(33)20-9-6-5-7-10-20)13-15-30(16-14-28)27(34)24-22(35-3)11-8-12-23(24)36-4/h5-12,19,21H,13-18H2,1-4H3,(H,29,32)/t21-/m1/s1. The van der Waals surface area contributed by atoms with Crippen LogP contribution in [-0.2, 0) is 9.53 Å². The SMILES string of the molecule is COc1cccc(OC)c1C(=O)N1CCC2(CC1)OC[C@H](C(=O)NCC(C)C)N2C(=O)c1ccccc1. The first-order valence-electron chi connectivity index (χ1n) is 12.6. The molecule has 4 rings (SSSR count). The van der Waals surface area contributed by atoms with Gasteiger partial charge >= 0.3 is 0 Å². The summed E-state index contributed by atoms with van der Waals surface area (Å²) >= 11 is 0. The molecule has 9 nitrogen and oxygen atoms in total. The van der Waals surface area contributed by atoms with Gasteiger partial charge in [0, 0.05) is 38.0 Å². The summed E-state index contributed by atoms with van der Waals surface area (Å²) in [4.78, 5) is 43.7. The molecule has 1 N–H and O–H groups in total. The average molecular weight is 510 g/mol. The molecule has 1 spiro atoms. The fourth-order valence-corrected chi connectivity index (χ4v) is 4.99. The Morgan fingerprint density at radius 3 is 2.16 bits per heavy atom. The lowest BCUT2D eigenvalue weighted by molar-refractivity contribution is -0.128. The van der Waals surface area contributed by atoms with Crippen molar-refractivity contribution in [3.05, 3.63) is 59.7 Å². The van der Waals surface area contributed by atoms with Crippen LogP contribution in [0, 0.1) is 5.92 Å². The van der Waals surface area contributed by atoms with Crippen LogP contribution in [0.3, 0.4) is 0 Å². The van der Waals surface area contributed by atoms with Crippen LogP contribution < -0.4 is 14.8 Å². The van der Waals surface area contributed by atoms with Gasteiger partial charge in [0.1, 0.15) is 28.8 Å². The van der Waals surface area contributed by atoms with Gasteiger partial charge in [0.2, 0.25) is 5.91 Å². The fraction of sp³-hybridized carbons (Fsp3) is 0.464. The number of benzene rings is 2. The normalized spacial score (nSPS) is 18.7. The Balaban J connectivity index is 1.58. The first-order chi connectivity index (χ1) is 17.8. The Bertz CT molecular complexity index is 1110. The molecular weight excluding hydrogens is 474 g/mol. The van der Waals surface area contributed by atoms with Crippen LogP contribution in [0.25, 0.3) is 0 Å². The lowest BCUT2D eigenvalue weighted by atomic mass is 9.95. The van der Waals surface area contributed by atoms with Gasteiger partial charge in [-0.15, -0.1) is 0 Å². The summed E-state index contributed by atoms with van der Waals surface area (Å²) in [7, 11) is 3.03. The van der Waals surface area contributed by atoms with Gasteiger partial charge < -0.3 is 24.4 Å². The van der Waals surface area contributed by atoms with Gasteiger partial charge in [-0.1, -0.05) is 38.1 Å². The van der Waals surface area contributed by atoms with Gasteiger partial charge in [-0.3, -0.25) is 19.3 Å². The molecule has 0 unspecified atom stereocenters. The molecule has 2 fully saturated rings. The summed E-state index contributed by atoms with van der Waals surface area (Å²) < 4.78 is 17.1. The second-order valence-electron chi connectivity index (χ2n) is 9.78. The number of hydrogen-bond donors (Lipinski definition) is 1. The highest BCUT2D eigenvalue weighted by molar-refractivity contribution is 6.00. The molecule has 9 heteroatoms. The van der Waals surface area contributed by atoms with Crippen molar-refractivity contribution in [1.29, 1.82) is 0 Å². The van der Waals surface area contributed by atoms with Crippen molar-refractivity contribution < 1.29 is 28.6 Å². The molecule has 2 saturated heterocycles. The van der Waals surface area contributed by atoms with E-state index >= 15 is 0 Å². The van der Waals surface area contributed by atoms with E-state index in [1.54, 1.807) is 52.3 Å². The van der Waals surface area contributed by atoms with Gasteiger partial charge in [0.15, 0.2) is 0 Å². The minimum absolute atomic E-state index is 0.108. The van der Waals surface area contributed by atoms with Gasteiger partial charge in [0.05, 0.1) is 20.8 Å². The molecule has 37 heavy (non-hydrogen) atoms. The molecule has 0 aromatic heterocycles. The molecule has 2 aromatic carbocycles. The lowest BCUT2D eigenvalue weighted by Gasteiger charge is -2.44. The Morgan fingerprint density at radius 1 is 0.973 bits per heavy atom. The van der Waals surface area contributed by atoms with E-state index in [-0.39, 0.29) is 30.2 Å². The topological polar surface area (TPSA) is 97.4 Å². The van der Waals surface area contributed by atoms with E-state index < -0.39 is 11.8 Å². The van der Waals surface area contributed by atoms with E-state index in [0.29, 0.717) is 55.1 Å². The third-order valence-corrected chi connectivity index (χ3v) is 6.96. The highest BCUT2D eigenvalue weighted by Gasteiger charge is 2.54. The number of carbonyl (C=O) groups excluding carboxylic acids is 3. The van der Waals surface area contributed by atoms with Crippen molar-refractivity contribution in [2.24, 2.45) is 5.92 Å². The zero-order chi connectivity index (χ0) is 26.6. The van der Waals surface area contributed by atoms with Crippen LogP contribution in [0.15, 0.2) is 48.5 Å². The molecule has 0 aliphatic carbocycles. The van der Waals surface area contributed by atoms with Crippen LogP contribution in [-0.4, -0.2) is 79.7 Å². The van der Waals surface area contributed by atoms with Crippen molar-refractivity contribution >= 4 is 17.7 Å². The maximum Gasteiger partial charge on any atom is 0.261 e. The van der Waals surface area contributed by atoms with Gasteiger partial charge in [-0.25, -0.2) is 0 Å². The summed E-state index contributed by atoms with van der Waals surface area (Å²) in [6.07, 6.45) is 0.755. The number of nitrogens with one attached hydrogen (secondary N) is 1. The minimum atomic E-state index is -0.978. The van der Waals surface area contributed by atoms with E-state index in [1.807, 2.05) is 19.9 Å². The van der Waals surface area contributed by atoms with Crippen molar-refractivity contribution in [1.82, 2.24) is 15.1 Å². The van der Waals surface area contributed by atoms with E-state index in [9.17, 15) is 14.4 Å². The zero-order valence-corrected chi connectivity index (χ0v) is 21.9. The van der Waals surface area contributed by atoms with Crippen LogP contribution in [0.4, 0.5) is 0 Å². The largest absolute Gasteiger partial charge is 0.496 e. The third kappa shape index (κ3) is 5.27. The second kappa shape index (κ2) is 11.2. The molecule has 0 saturated carbocycles. The van der Waals surface area contributed by atoms with Crippen molar-refractivity contribution in [3.63, 3.8) is 0 Å². The smallest absolute Gasteiger partial charge is 0.261 e. The molecule has 2 aliphatic heterocycles. The van der Waals surface area contributed by atoms with Gasteiger partial charge in [-0.05, 0) is 30.2 Å². The number of nitrogens with zero attached hydrogens (tertiary/aromatic N) is 2. The minimum Gasteiger partial charge on any atom is -0.496 e. The molecule has 198 valence electrons. The number of likely N-dealkylation sites (tertiary alicyclic amines) is 1. The highest BCUT2D eigenvalue weighted by atomic mass is 16.5. The van der Waals surface area contributed by atoms with Crippen LogP contribution in [0.2, 0.25) is 0 Å². The molecule has 0 radical (unpaired) electrons. The quantitative estimate of drug-likeness (QED) is 0.617. The van der Waals surface area contributed by atoms with Crippen LogP contribution in [0.1, 0.15) is 47.4 Å². The average Bonchev–Trinajstić information content (AvgIpc) is 3.29. The maximum absolute atomic E-state index is 13.7. The number of amides is 3. The van der Waals surface area contributed by atoms with E-state index in [1.165, 1.54) is 14.2 Å². The number of ether oxygens (including phenoxy) is 3. The predicted molar refractivity (Wildman–Crippen MR) is 138 cm³/mol. The van der Waals surface area contributed by atoms with Crippen LogP contribution in [0.5, 0.6) is 11.5 Å². The third-order valence-electron chi connectivity index (χ3n) is 6.96. The highest BCUT2D eigenvalue weighted by Crippen LogP contribution is 2.39. The fourth-order valence-electron chi connectivity index (χ4n) is 4.99. The number of methoxy groups -OCH3 is 2. The summed E-state index contributed by atoms with van der Waals surface area (Å²) in [6, 6.07) is 13.4. The summed E-state index contributed by atoms with van der Waals surface area (Å²) in [5, 5.41) is 2.95. The first kappa shape index (κ1) is 26.5. The zero-order valence-electron chi connectivity index (χ0n) is 21.9. The molecule has 3 amide bonds. The summed E-state index contributed by atoms with van der Waals surface area (Å²) in [5.41, 5.74) is -0.126. The van der Waals surface area contributed by atoms with Crippen molar-refractivity contribution in [2.75, 3.05) is 40.5 Å². The van der Waals surface area contributed by atoms with Gasteiger partial charge in [-0.2, -0.15) is 0 Å². The number of hydrogen-bond acceptors (Lipinski definition) is 6. The maximum atomic E-state index is 13.7. The Labute approximate surface area is 217 Å². The van der Waals surface area contributed by atoms with E-state index in [4.69, 9.17) is 14.2 Å². The van der Waals surface area contributed by atoms with Crippen molar-refractivity contribution in [3.8, 4) is 11.5 Å². The summed E-state index contributed by atoms with van der Waals surface area (Å²) in [5.74, 6) is 0.448. The Morgan fingerprint density at radius 2 is 1.59 bits per heavy atom. The van der Waals surface area contributed by atoms with E-state index in [2.05, 4.69) is 5.32 Å². The first-order valence-corrected chi connectivity index (χ1v) is 12.6. The van der Waals surface area contributed by atoms with Crippen molar-refractivity contribution in [2.45, 2.75) is 38.5 Å². The number of rotatable bonds is 7. The Hall–Kier alpha value is -3.59. The molecule has 0 bridgehead atoms. The predicted octanol–water partition coefficient (Wildman–Crippen LogP) is 2.95. The molecular formula is C28H35N3O6.